The van der Waals surface area contributed by atoms with Crippen LogP contribution >= 0.6 is 0 Å². The maximum Gasteiger partial charge on any atom is 0.297 e. The quantitative estimate of drug-likeness (QED) is 0.278. The average molecular weight is 378 g/mol. The standard InChI is InChI=1S/C20H34O3S.Na/c1-17(2)13-10-8-6-5-7-9-11-16-23-24(21,22)20-15-12-14-18(3)19(20)4;/h12,14-15,17H,5-11,13,16H2,1-4H3;. The van der Waals surface area contributed by atoms with Crippen molar-refractivity contribution in [3.05, 3.63) is 29.3 Å². The minimum atomic E-state index is -3.63. The molecule has 0 amide bonds. The molecule has 0 spiro atoms. The molecule has 0 aliphatic rings. The second-order valence-corrected chi connectivity index (χ2v) is 8.72. The van der Waals surface area contributed by atoms with Crippen molar-refractivity contribution in [2.75, 3.05) is 6.61 Å². The molecule has 5 heteroatoms. The predicted molar refractivity (Wildman–Crippen MR) is 107 cm³/mol. The van der Waals surface area contributed by atoms with Crippen LogP contribution in [-0.4, -0.2) is 44.6 Å². The molecule has 0 unspecified atom stereocenters. The van der Waals surface area contributed by atoms with Crippen LogP contribution in [0.5, 0.6) is 0 Å². The molecule has 0 aliphatic heterocycles. The molecule has 0 aromatic heterocycles. The number of benzene rings is 1. The van der Waals surface area contributed by atoms with Crippen LogP contribution in [0.2, 0.25) is 0 Å². The zero-order chi connectivity index (χ0) is 18.0. The summed E-state index contributed by atoms with van der Waals surface area (Å²) in [5.74, 6) is 0.807. The van der Waals surface area contributed by atoms with Gasteiger partial charge in [-0.3, -0.25) is 4.18 Å². The Morgan fingerprint density at radius 3 is 2.08 bits per heavy atom. The van der Waals surface area contributed by atoms with Crippen LogP contribution in [0.1, 0.15) is 76.3 Å². The fraction of sp³-hybridized carbons (Fsp3) is 0.700. The van der Waals surface area contributed by atoms with Crippen molar-refractivity contribution in [2.24, 2.45) is 5.92 Å². The molecule has 0 bridgehead atoms. The van der Waals surface area contributed by atoms with Crippen LogP contribution in [0.15, 0.2) is 23.1 Å². The van der Waals surface area contributed by atoms with Crippen molar-refractivity contribution in [1.29, 1.82) is 0 Å². The van der Waals surface area contributed by atoms with E-state index in [1.165, 1.54) is 32.1 Å². The summed E-state index contributed by atoms with van der Waals surface area (Å²) in [5, 5.41) is 0. The molecule has 1 aromatic carbocycles. The minimum Gasteiger partial charge on any atom is -0.266 e. The van der Waals surface area contributed by atoms with E-state index in [4.69, 9.17) is 4.18 Å². The molecular weight excluding hydrogens is 343 g/mol. The summed E-state index contributed by atoms with van der Waals surface area (Å²) < 4.78 is 29.7. The van der Waals surface area contributed by atoms with Crippen LogP contribution in [-0.2, 0) is 14.3 Å². The Hall–Kier alpha value is 0.130. The van der Waals surface area contributed by atoms with Crippen LogP contribution in [0.25, 0.3) is 0 Å². The molecule has 3 nitrogen and oxygen atoms in total. The van der Waals surface area contributed by atoms with Gasteiger partial charge >= 0.3 is 0 Å². The van der Waals surface area contributed by atoms with Crippen LogP contribution in [0.3, 0.4) is 0 Å². The van der Waals surface area contributed by atoms with Gasteiger partial charge in [-0.25, -0.2) is 0 Å². The molecular formula is C20H34NaO3S. The van der Waals surface area contributed by atoms with E-state index in [0.29, 0.717) is 4.90 Å². The zero-order valence-electron chi connectivity index (χ0n) is 16.8. The Morgan fingerprint density at radius 2 is 1.48 bits per heavy atom. The van der Waals surface area contributed by atoms with E-state index in [-0.39, 0.29) is 36.2 Å². The van der Waals surface area contributed by atoms with E-state index in [1.807, 2.05) is 19.9 Å². The van der Waals surface area contributed by atoms with Crippen LogP contribution in [0, 0.1) is 19.8 Å². The first kappa shape index (κ1) is 25.1. The largest absolute Gasteiger partial charge is 0.297 e. The Labute approximate surface area is 177 Å². The van der Waals surface area contributed by atoms with Gasteiger partial charge in [-0.15, -0.1) is 0 Å². The SMILES string of the molecule is Cc1cccc(S(=O)(=O)OCCCCCCCCCC(C)C)c1C.[Na]. The van der Waals surface area contributed by atoms with Crippen LogP contribution < -0.4 is 0 Å². The van der Waals surface area contributed by atoms with Crippen molar-refractivity contribution in [3.63, 3.8) is 0 Å². The van der Waals surface area contributed by atoms with Gasteiger partial charge < -0.3 is 0 Å². The van der Waals surface area contributed by atoms with Gasteiger partial charge in [0.05, 0.1) is 11.5 Å². The van der Waals surface area contributed by atoms with E-state index >= 15 is 0 Å². The van der Waals surface area contributed by atoms with E-state index in [0.717, 1.165) is 36.3 Å². The van der Waals surface area contributed by atoms with Crippen molar-refractivity contribution in [2.45, 2.75) is 84.0 Å². The first-order chi connectivity index (χ1) is 11.3. The maximum atomic E-state index is 12.2. The summed E-state index contributed by atoms with van der Waals surface area (Å²) in [6, 6.07) is 5.29. The van der Waals surface area contributed by atoms with E-state index in [2.05, 4.69) is 13.8 Å². The topological polar surface area (TPSA) is 43.4 Å². The second-order valence-electron chi connectivity index (χ2n) is 7.13. The molecule has 0 saturated heterocycles. The second kappa shape index (κ2) is 13.3. The van der Waals surface area contributed by atoms with Gasteiger partial charge in [0, 0.05) is 29.6 Å². The third-order valence-corrected chi connectivity index (χ3v) is 5.95. The normalized spacial score (nSPS) is 11.6. The third-order valence-electron chi connectivity index (χ3n) is 4.49. The van der Waals surface area contributed by atoms with Crippen molar-refractivity contribution in [1.82, 2.24) is 0 Å². The Kier molecular flexibility index (Phi) is 13.4. The monoisotopic (exact) mass is 377 g/mol. The Morgan fingerprint density at radius 1 is 0.920 bits per heavy atom. The van der Waals surface area contributed by atoms with Crippen LogP contribution in [0.4, 0.5) is 0 Å². The fourth-order valence-corrected chi connectivity index (χ4v) is 4.01. The number of hydrogen-bond acceptors (Lipinski definition) is 3. The fourth-order valence-electron chi connectivity index (χ4n) is 2.77. The van der Waals surface area contributed by atoms with Crippen molar-refractivity contribution >= 4 is 39.7 Å². The Bertz CT molecular complexity index is 583. The number of unbranched alkanes of at least 4 members (excludes halogenated alkanes) is 6. The van der Waals surface area contributed by atoms with Gasteiger partial charge in [0.2, 0.25) is 0 Å². The number of aryl methyl sites for hydroxylation is 1. The van der Waals surface area contributed by atoms with E-state index < -0.39 is 10.1 Å². The molecule has 1 radical (unpaired) electrons. The predicted octanol–water partition coefficient (Wildman–Crippen LogP) is 5.40. The average Bonchev–Trinajstić information content (AvgIpc) is 2.51. The summed E-state index contributed by atoms with van der Waals surface area (Å²) in [7, 11) is -3.63. The summed E-state index contributed by atoms with van der Waals surface area (Å²) in [4.78, 5) is 0.299. The van der Waals surface area contributed by atoms with Gasteiger partial charge in [0.15, 0.2) is 0 Å². The van der Waals surface area contributed by atoms with Gasteiger partial charge in [-0.1, -0.05) is 70.9 Å². The molecule has 139 valence electrons. The van der Waals surface area contributed by atoms with Gasteiger partial charge in [-0.2, -0.15) is 8.42 Å². The minimum absolute atomic E-state index is 0. The Balaban J connectivity index is 0.00000576. The maximum absolute atomic E-state index is 12.2. The van der Waals surface area contributed by atoms with Crippen molar-refractivity contribution in [3.8, 4) is 0 Å². The van der Waals surface area contributed by atoms with Gasteiger partial charge in [0.1, 0.15) is 0 Å². The first-order valence-corrected chi connectivity index (χ1v) is 10.7. The molecule has 1 rings (SSSR count). The van der Waals surface area contributed by atoms with E-state index in [9.17, 15) is 8.42 Å². The van der Waals surface area contributed by atoms with Gasteiger partial charge in [-0.05, 0) is 43.4 Å². The molecule has 1 aromatic rings. The molecule has 0 heterocycles. The molecule has 25 heavy (non-hydrogen) atoms. The smallest absolute Gasteiger partial charge is 0.266 e. The zero-order valence-corrected chi connectivity index (χ0v) is 19.6. The molecule has 0 fully saturated rings. The molecule has 0 N–H and O–H groups in total. The first-order valence-electron chi connectivity index (χ1n) is 9.30. The van der Waals surface area contributed by atoms with Gasteiger partial charge in [0.25, 0.3) is 10.1 Å². The van der Waals surface area contributed by atoms with E-state index in [1.54, 1.807) is 12.1 Å². The third kappa shape index (κ3) is 10.1. The van der Waals surface area contributed by atoms with Crippen molar-refractivity contribution < 1.29 is 12.6 Å². The summed E-state index contributed by atoms with van der Waals surface area (Å²) in [5.41, 5.74) is 1.75. The summed E-state index contributed by atoms with van der Waals surface area (Å²) in [6.07, 6.45) is 9.49. The molecule has 0 aliphatic carbocycles. The molecule has 0 atom stereocenters. The molecule has 0 saturated carbocycles. The number of rotatable bonds is 12. The summed E-state index contributed by atoms with van der Waals surface area (Å²) in [6.45, 7) is 8.56. The number of hydrogen-bond donors (Lipinski definition) is 0. The summed E-state index contributed by atoms with van der Waals surface area (Å²) >= 11 is 0.